The summed E-state index contributed by atoms with van der Waals surface area (Å²) < 4.78 is 13.9. The van der Waals surface area contributed by atoms with E-state index < -0.39 is 0 Å². The maximum Gasteiger partial charge on any atom is 0.124 e. The smallest absolute Gasteiger partial charge is 0.124 e. The molecule has 0 atom stereocenters. The largest absolute Gasteiger partial charge is 0.398 e. The third-order valence-electron chi connectivity index (χ3n) is 1.87. The number of anilines is 1. The fourth-order valence-electron chi connectivity index (χ4n) is 1.21. The first-order valence-electron chi connectivity index (χ1n) is 4.01. The Hall–Kier alpha value is -1.000. The molecule has 0 amide bonds. The van der Waals surface area contributed by atoms with Crippen LogP contribution in [0.15, 0.2) is 34.5 Å². The molecule has 0 radical (unpaired) electrons. The van der Waals surface area contributed by atoms with Gasteiger partial charge in [-0.3, -0.25) is 0 Å². The first-order chi connectivity index (χ1) is 6.66. The molecule has 72 valence electrons. The Kier molecular flexibility index (Phi) is 2.48. The molecule has 0 unspecified atom stereocenters. The molecule has 1 aromatic heterocycles. The third-order valence-corrected chi connectivity index (χ3v) is 3.22. The first kappa shape index (κ1) is 9.55. The molecular formula is C10H8FNS2. The van der Waals surface area contributed by atoms with Gasteiger partial charge in [0.25, 0.3) is 0 Å². The normalized spacial score (nSPS) is 10.4. The van der Waals surface area contributed by atoms with E-state index in [-0.39, 0.29) is 5.82 Å². The second-order valence-corrected chi connectivity index (χ2v) is 4.74. The van der Waals surface area contributed by atoms with E-state index in [0.717, 1.165) is 14.6 Å². The summed E-state index contributed by atoms with van der Waals surface area (Å²) in [5.41, 5.74) is 7.06. The van der Waals surface area contributed by atoms with Gasteiger partial charge in [-0.05, 0) is 30.3 Å². The lowest BCUT2D eigenvalue weighted by atomic mass is 10.1. The zero-order valence-corrected chi connectivity index (χ0v) is 8.91. The van der Waals surface area contributed by atoms with E-state index in [0.29, 0.717) is 5.69 Å². The molecule has 0 spiro atoms. The summed E-state index contributed by atoms with van der Waals surface area (Å²) in [7, 11) is 0. The first-order valence-corrected chi connectivity index (χ1v) is 5.27. The summed E-state index contributed by atoms with van der Waals surface area (Å²) in [6.07, 6.45) is 0. The van der Waals surface area contributed by atoms with Crippen LogP contribution in [-0.2, 0) is 0 Å². The highest BCUT2D eigenvalue weighted by atomic mass is 32.2. The monoisotopic (exact) mass is 225 g/mol. The Balaban J connectivity index is 2.55. The van der Waals surface area contributed by atoms with Crippen LogP contribution >= 0.6 is 24.0 Å². The average Bonchev–Trinajstić information content (AvgIpc) is 2.56. The van der Waals surface area contributed by atoms with Crippen LogP contribution in [0.1, 0.15) is 0 Å². The summed E-state index contributed by atoms with van der Waals surface area (Å²) in [6, 6.07) is 8.12. The van der Waals surface area contributed by atoms with Gasteiger partial charge in [-0.15, -0.1) is 24.0 Å². The van der Waals surface area contributed by atoms with E-state index >= 15 is 0 Å². The van der Waals surface area contributed by atoms with Crippen LogP contribution in [0.25, 0.3) is 10.4 Å². The summed E-state index contributed by atoms with van der Waals surface area (Å²) >= 11 is 5.68. The zero-order valence-electron chi connectivity index (χ0n) is 7.20. The van der Waals surface area contributed by atoms with Crippen LogP contribution in [0.3, 0.4) is 0 Å². The van der Waals surface area contributed by atoms with Gasteiger partial charge in [0.1, 0.15) is 5.82 Å². The molecule has 0 saturated heterocycles. The van der Waals surface area contributed by atoms with Crippen molar-refractivity contribution >= 4 is 29.7 Å². The van der Waals surface area contributed by atoms with Gasteiger partial charge in [0.05, 0.1) is 4.21 Å². The second-order valence-electron chi connectivity index (χ2n) is 2.87. The van der Waals surface area contributed by atoms with Crippen LogP contribution in [0, 0.1) is 5.82 Å². The number of rotatable bonds is 1. The van der Waals surface area contributed by atoms with E-state index in [2.05, 4.69) is 12.6 Å². The second kappa shape index (κ2) is 3.63. The minimum absolute atomic E-state index is 0.275. The molecule has 0 aliphatic rings. The topological polar surface area (TPSA) is 26.0 Å². The lowest BCUT2D eigenvalue weighted by molar-refractivity contribution is 0.628. The molecule has 0 fully saturated rings. The Morgan fingerprint density at radius 1 is 1.21 bits per heavy atom. The molecular weight excluding hydrogens is 217 g/mol. The minimum atomic E-state index is -0.275. The summed E-state index contributed by atoms with van der Waals surface area (Å²) in [4.78, 5) is 0.937. The van der Waals surface area contributed by atoms with Gasteiger partial charge < -0.3 is 5.73 Å². The van der Waals surface area contributed by atoms with Crippen molar-refractivity contribution in [3.63, 3.8) is 0 Å². The van der Waals surface area contributed by atoms with E-state index in [9.17, 15) is 4.39 Å². The Morgan fingerprint density at radius 3 is 2.64 bits per heavy atom. The van der Waals surface area contributed by atoms with Gasteiger partial charge >= 0.3 is 0 Å². The molecule has 1 aromatic carbocycles. The highest BCUT2D eigenvalue weighted by Gasteiger charge is 2.06. The Bertz CT molecular complexity index is 465. The Labute approximate surface area is 90.8 Å². The van der Waals surface area contributed by atoms with Crippen LogP contribution in [0.5, 0.6) is 0 Å². The van der Waals surface area contributed by atoms with Crippen molar-refractivity contribution in [1.29, 1.82) is 0 Å². The predicted molar refractivity (Wildman–Crippen MR) is 61.4 cm³/mol. The van der Waals surface area contributed by atoms with Crippen LogP contribution in [0.4, 0.5) is 10.1 Å². The highest BCUT2D eigenvalue weighted by molar-refractivity contribution is 7.83. The van der Waals surface area contributed by atoms with Crippen molar-refractivity contribution < 1.29 is 4.39 Å². The van der Waals surface area contributed by atoms with Crippen molar-refractivity contribution in [2.75, 3.05) is 5.73 Å². The van der Waals surface area contributed by atoms with Crippen molar-refractivity contribution in [1.82, 2.24) is 0 Å². The number of hydrogen-bond acceptors (Lipinski definition) is 3. The lowest BCUT2D eigenvalue weighted by Crippen LogP contribution is -1.89. The van der Waals surface area contributed by atoms with Crippen molar-refractivity contribution in [3.8, 4) is 10.4 Å². The molecule has 0 aliphatic carbocycles. The molecule has 14 heavy (non-hydrogen) atoms. The molecule has 0 saturated carbocycles. The number of benzene rings is 1. The SMILES string of the molecule is Nc1ccc(F)cc1-c1ccc(S)s1. The molecule has 1 nitrogen and oxygen atoms in total. The van der Waals surface area contributed by atoms with Gasteiger partial charge in [0.2, 0.25) is 0 Å². The van der Waals surface area contributed by atoms with E-state index in [4.69, 9.17) is 5.73 Å². The van der Waals surface area contributed by atoms with Crippen molar-refractivity contribution in [2.24, 2.45) is 0 Å². The van der Waals surface area contributed by atoms with E-state index in [1.54, 1.807) is 6.07 Å². The summed E-state index contributed by atoms with van der Waals surface area (Å²) in [5, 5.41) is 0. The van der Waals surface area contributed by atoms with Crippen molar-refractivity contribution in [3.05, 3.63) is 36.1 Å². The molecule has 2 N–H and O–H groups in total. The molecule has 0 bridgehead atoms. The van der Waals surface area contributed by atoms with Gasteiger partial charge in [0, 0.05) is 16.1 Å². The molecule has 2 aromatic rings. The van der Waals surface area contributed by atoms with E-state index in [1.165, 1.54) is 23.5 Å². The fraction of sp³-hybridized carbons (Fsp3) is 0. The van der Waals surface area contributed by atoms with E-state index in [1.807, 2.05) is 12.1 Å². The Morgan fingerprint density at radius 2 is 2.00 bits per heavy atom. The van der Waals surface area contributed by atoms with Gasteiger partial charge in [-0.2, -0.15) is 0 Å². The van der Waals surface area contributed by atoms with Gasteiger partial charge in [0.15, 0.2) is 0 Å². The maximum atomic E-state index is 13.0. The quantitative estimate of drug-likeness (QED) is 0.564. The molecule has 2 rings (SSSR count). The highest BCUT2D eigenvalue weighted by Crippen LogP contribution is 2.33. The molecule has 4 heteroatoms. The fourth-order valence-corrected chi connectivity index (χ4v) is 2.37. The number of hydrogen-bond donors (Lipinski definition) is 2. The lowest BCUT2D eigenvalue weighted by Gasteiger charge is -2.02. The number of thiol groups is 1. The number of nitrogens with two attached hydrogens (primary N) is 1. The number of thiophene rings is 1. The van der Waals surface area contributed by atoms with Crippen LogP contribution in [-0.4, -0.2) is 0 Å². The standard InChI is InChI=1S/C10H8FNS2/c11-6-1-2-8(12)7(5-6)9-3-4-10(13)14-9/h1-5,13H,12H2. The molecule has 1 heterocycles. The minimum Gasteiger partial charge on any atom is -0.398 e. The third kappa shape index (κ3) is 1.76. The number of halogens is 1. The summed E-state index contributed by atoms with van der Waals surface area (Å²) in [6.45, 7) is 0. The molecule has 0 aliphatic heterocycles. The van der Waals surface area contributed by atoms with Gasteiger partial charge in [-0.1, -0.05) is 0 Å². The maximum absolute atomic E-state index is 13.0. The number of nitrogen functional groups attached to an aromatic ring is 1. The summed E-state index contributed by atoms with van der Waals surface area (Å²) in [5.74, 6) is -0.275. The van der Waals surface area contributed by atoms with Crippen molar-refractivity contribution in [2.45, 2.75) is 4.21 Å². The average molecular weight is 225 g/mol. The van der Waals surface area contributed by atoms with Crippen LogP contribution in [0.2, 0.25) is 0 Å². The van der Waals surface area contributed by atoms with Gasteiger partial charge in [-0.25, -0.2) is 4.39 Å². The van der Waals surface area contributed by atoms with Crippen LogP contribution < -0.4 is 5.73 Å². The zero-order chi connectivity index (χ0) is 10.1. The predicted octanol–water partition coefficient (Wildman–Crippen LogP) is 3.43.